The Kier molecular flexibility index (Phi) is 4.85. The van der Waals surface area contributed by atoms with E-state index in [1.165, 1.54) is 0 Å². The van der Waals surface area contributed by atoms with Crippen LogP contribution in [-0.4, -0.2) is 30.9 Å². The van der Waals surface area contributed by atoms with E-state index < -0.39 is 30.1 Å². The van der Waals surface area contributed by atoms with Crippen molar-refractivity contribution in [3.8, 4) is 5.75 Å². The van der Waals surface area contributed by atoms with Crippen molar-refractivity contribution in [1.82, 2.24) is 5.32 Å². The summed E-state index contributed by atoms with van der Waals surface area (Å²) in [7, 11) is 0. The number of hydrogen-bond donors (Lipinski definition) is 2. The lowest BCUT2D eigenvalue weighted by atomic mass is 9.97. The van der Waals surface area contributed by atoms with Crippen LogP contribution in [0.4, 0.5) is 8.78 Å². The third kappa shape index (κ3) is 3.98. The first-order valence-corrected chi connectivity index (χ1v) is 6.61. The normalized spacial score (nSPS) is 19.2. The number of hydrogen-bond acceptors (Lipinski definition) is 4. The van der Waals surface area contributed by atoms with E-state index in [0.29, 0.717) is 19.0 Å². The molecule has 0 spiro atoms. The molecular formula is C14H16F2N2O3. The number of ether oxygens (including phenoxy) is 1. The van der Waals surface area contributed by atoms with E-state index in [1.54, 1.807) is 0 Å². The van der Waals surface area contributed by atoms with Gasteiger partial charge < -0.3 is 15.8 Å². The predicted octanol–water partition coefficient (Wildman–Crippen LogP) is 0.766. The first-order chi connectivity index (χ1) is 9.97. The summed E-state index contributed by atoms with van der Waals surface area (Å²) in [5.41, 5.74) is 5.72. The summed E-state index contributed by atoms with van der Waals surface area (Å²) < 4.78 is 31.0. The number of nitrogens with one attached hydrogen (secondary N) is 1. The predicted molar refractivity (Wildman–Crippen MR) is 70.6 cm³/mol. The van der Waals surface area contributed by atoms with Crippen molar-refractivity contribution in [2.24, 2.45) is 11.7 Å². The lowest BCUT2D eigenvalue weighted by Crippen LogP contribution is -2.37. The van der Waals surface area contributed by atoms with Gasteiger partial charge in [-0.25, -0.2) is 8.78 Å². The third-order valence-electron chi connectivity index (χ3n) is 3.38. The Balaban J connectivity index is 1.84. The van der Waals surface area contributed by atoms with Crippen LogP contribution >= 0.6 is 0 Å². The largest absolute Gasteiger partial charge is 0.483 e. The summed E-state index contributed by atoms with van der Waals surface area (Å²) >= 11 is 0. The molecule has 1 aliphatic heterocycles. The van der Waals surface area contributed by atoms with Gasteiger partial charge in [-0.15, -0.1) is 0 Å². The second kappa shape index (κ2) is 6.62. The fraction of sp³-hybridized carbons (Fsp3) is 0.429. The fourth-order valence-corrected chi connectivity index (χ4v) is 2.16. The van der Waals surface area contributed by atoms with E-state index in [1.807, 2.05) is 0 Å². The third-order valence-corrected chi connectivity index (χ3v) is 3.38. The Morgan fingerprint density at radius 1 is 1.48 bits per heavy atom. The number of carbonyl (C=O) groups is 2. The molecule has 3 N–H and O–H groups in total. The van der Waals surface area contributed by atoms with E-state index in [2.05, 4.69) is 5.32 Å². The van der Waals surface area contributed by atoms with Crippen LogP contribution in [0.25, 0.3) is 0 Å². The molecule has 5 nitrogen and oxygen atoms in total. The van der Waals surface area contributed by atoms with Gasteiger partial charge in [0, 0.05) is 18.5 Å². The first kappa shape index (κ1) is 15.4. The smallest absolute Gasteiger partial charge is 0.223 e. The second-order valence-corrected chi connectivity index (χ2v) is 4.95. The number of nitrogens with two attached hydrogens (primary N) is 1. The number of benzene rings is 1. The van der Waals surface area contributed by atoms with E-state index in [0.717, 1.165) is 12.1 Å². The molecule has 1 amide bonds. The number of carbonyl (C=O) groups excluding carboxylic acids is 2. The lowest BCUT2D eigenvalue weighted by Gasteiger charge is -2.14. The average molecular weight is 298 g/mol. The second-order valence-electron chi connectivity index (χ2n) is 4.95. The minimum atomic E-state index is -0.883. The van der Waals surface area contributed by atoms with E-state index in [4.69, 9.17) is 10.5 Å². The summed E-state index contributed by atoms with van der Waals surface area (Å²) in [5, 5.41) is 2.66. The Bertz CT molecular complexity index is 551. The summed E-state index contributed by atoms with van der Waals surface area (Å²) in [5.74, 6) is -2.63. The van der Waals surface area contributed by atoms with E-state index >= 15 is 0 Å². The first-order valence-electron chi connectivity index (χ1n) is 6.61. The average Bonchev–Trinajstić information content (AvgIpc) is 2.83. The van der Waals surface area contributed by atoms with E-state index in [9.17, 15) is 18.4 Å². The minimum absolute atomic E-state index is 0.108. The summed E-state index contributed by atoms with van der Waals surface area (Å²) in [4.78, 5) is 23.2. The topological polar surface area (TPSA) is 81.4 Å². The van der Waals surface area contributed by atoms with Crippen LogP contribution in [0.3, 0.4) is 0 Å². The molecule has 0 radical (unpaired) electrons. The summed E-state index contributed by atoms with van der Waals surface area (Å²) in [6.45, 7) is 0.166. The molecule has 0 saturated carbocycles. The van der Waals surface area contributed by atoms with E-state index in [-0.39, 0.29) is 24.0 Å². The van der Waals surface area contributed by atoms with Crippen LogP contribution in [0.2, 0.25) is 0 Å². The number of amides is 1. The maximum atomic E-state index is 13.3. The zero-order chi connectivity index (χ0) is 15.4. The van der Waals surface area contributed by atoms with Gasteiger partial charge in [0.1, 0.15) is 12.4 Å². The molecule has 0 bridgehead atoms. The Morgan fingerprint density at radius 2 is 2.24 bits per heavy atom. The molecule has 7 heteroatoms. The molecule has 2 unspecified atom stereocenters. The standard InChI is InChI=1S/C14H16F2N2O3/c15-9-1-2-13(10(16)6-9)21-7-12(19)11(17)5-8-3-4-18-14(8)20/h1-2,6,8,11H,3-5,7,17H2,(H,18,20). The minimum Gasteiger partial charge on any atom is -0.483 e. The molecule has 1 fully saturated rings. The molecule has 0 aromatic heterocycles. The number of rotatable bonds is 6. The Morgan fingerprint density at radius 3 is 2.86 bits per heavy atom. The van der Waals surface area contributed by atoms with Crippen molar-refractivity contribution in [3.05, 3.63) is 29.8 Å². The van der Waals surface area contributed by atoms with Crippen molar-refractivity contribution in [3.63, 3.8) is 0 Å². The molecule has 1 aromatic rings. The molecule has 1 aliphatic rings. The van der Waals surface area contributed by atoms with Gasteiger partial charge in [-0.3, -0.25) is 9.59 Å². The van der Waals surface area contributed by atoms with Gasteiger partial charge in [-0.05, 0) is 25.0 Å². The molecule has 1 aromatic carbocycles. The van der Waals surface area contributed by atoms with Crippen molar-refractivity contribution in [1.29, 1.82) is 0 Å². The molecule has 1 heterocycles. The quantitative estimate of drug-likeness (QED) is 0.812. The van der Waals surface area contributed by atoms with Crippen LogP contribution in [0.1, 0.15) is 12.8 Å². The highest BCUT2D eigenvalue weighted by Gasteiger charge is 2.28. The SMILES string of the molecule is NC(CC1CCNC1=O)C(=O)COc1ccc(F)cc1F. The number of halogens is 2. The zero-order valence-electron chi connectivity index (χ0n) is 11.3. The number of Topliss-reactive ketones (excluding diaryl/α,β-unsaturated/α-hetero) is 1. The maximum absolute atomic E-state index is 13.3. The lowest BCUT2D eigenvalue weighted by molar-refractivity contribution is -0.124. The van der Waals surface area contributed by atoms with Crippen LogP contribution in [0, 0.1) is 17.6 Å². The monoisotopic (exact) mass is 298 g/mol. The molecule has 0 aliphatic carbocycles. The van der Waals surface area contributed by atoms with Gasteiger partial charge in [0.25, 0.3) is 0 Å². The highest BCUT2D eigenvalue weighted by Crippen LogP contribution is 2.18. The Hall–Kier alpha value is -2.02. The highest BCUT2D eigenvalue weighted by atomic mass is 19.1. The van der Waals surface area contributed by atoms with Gasteiger partial charge in [0.15, 0.2) is 17.3 Å². The van der Waals surface area contributed by atoms with Gasteiger partial charge in [-0.2, -0.15) is 0 Å². The molecule has 2 atom stereocenters. The number of ketones is 1. The molecule has 21 heavy (non-hydrogen) atoms. The van der Waals surface area contributed by atoms with Gasteiger partial charge in [0.2, 0.25) is 5.91 Å². The van der Waals surface area contributed by atoms with Crippen molar-refractivity contribution < 1.29 is 23.1 Å². The van der Waals surface area contributed by atoms with Crippen molar-refractivity contribution in [2.45, 2.75) is 18.9 Å². The van der Waals surface area contributed by atoms with Gasteiger partial charge in [-0.1, -0.05) is 0 Å². The fourth-order valence-electron chi connectivity index (χ4n) is 2.16. The maximum Gasteiger partial charge on any atom is 0.223 e. The van der Waals surface area contributed by atoms with Crippen LogP contribution in [-0.2, 0) is 9.59 Å². The molecular weight excluding hydrogens is 282 g/mol. The van der Waals surface area contributed by atoms with Crippen LogP contribution in [0.15, 0.2) is 18.2 Å². The van der Waals surface area contributed by atoms with Crippen LogP contribution in [0.5, 0.6) is 5.75 Å². The molecule has 2 rings (SSSR count). The van der Waals surface area contributed by atoms with Gasteiger partial charge >= 0.3 is 0 Å². The van der Waals surface area contributed by atoms with Crippen LogP contribution < -0.4 is 15.8 Å². The van der Waals surface area contributed by atoms with Crippen molar-refractivity contribution >= 4 is 11.7 Å². The highest BCUT2D eigenvalue weighted by molar-refractivity contribution is 5.87. The Labute approximate surface area is 120 Å². The molecule has 1 saturated heterocycles. The molecule has 114 valence electrons. The van der Waals surface area contributed by atoms with Crippen molar-refractivity contribution in [2.75, 3.05) is 13.2 Å². The summed E-state index contributed by atoms with van der Waals surface area (Å²) in [6, 6.07) is 1.96. The van der Waals surface area contributed by atoms with Gasteiger partial charge in [0.05, 0.1) is 6.04 Å². The zero-order valence-corrected chi connectivity index (χ0v) is 11.3. The summed E-state index contributed by atoms with van der Waals surface area (Å²) in [6.07, 6.45) is 0.882.